The van der Waals surface area contributed by atoms with E-state index in [0.717, 1.165) is 12.8 Å². The van der Waals surface area contributed by atoms with Crippen LogP contribution < -0.4 is 14.8 Å². The Kier molecular flexibility index (Phi) is 7.26. The number of amides is 1. The number of halogens is 2. The summed E-state index contributed by atoms with van der Waals surface area (Å²) in [7, 11) is 1.47. The van der Waals surface area contributed by atoms with Crippen molar-refractivity contribution in [2.24, 2.45) is 0 Å². The van der Waals surface area contributed by atoms with Gasteiger partial charge in [0, 0.05) is 53.5 Å². The average Bonchev–Trinajstić information content (AvgIpc) is 2.88. The zero-order valence-corrected chi connectivity index (χ0v) is 21.7. The van der Waals surface area contributed by atoms with Crippen LogP contribution in [-0.4, -0.2) is 31.2 Å². The zero-order valence-electron chi connectivity index (χ0n) is 20.2. The molecule has 0 atom stereocenters. The molecule has 0 fully saturated rings. The van der Waals surface area contributed by atoms with Crippen molar-refractivity contribution in [2.45, 2.75) is 44.4 Å². The summed E-state index contributed by atoms with van der Waals surface area (Å²) in [6.07, 6.45) is 3.55. The first-order chi connectivity index (χ1) is 17.9. The molecule has 0 unspecified atom stereocenters. The minimum Gasteiger partial charge on any atom is -0.493 e. The quantitative estimate of drug-likeness (QED) is 0.471. The predicted octanol–water partition coefficient (Wildman–Crippen LogP) is 6.15. The molecular formula is C28H25Cl2NO6. The standard InChI is InChI=1S/C28H25Cl2NO6/c1-35-23-13-15(12-18(30)28(23)36-14-24(34)31-17-10-8-16(29)9-11-17)25-26-19(32)4-2-6-21(26)37-22-7-3-5-20(33)27(22)25/h8-13,25H,2-7,14H2,1H3,(H,31,34). The van der Waals surface area contributed by atoms with E-state index >= 15 is 0 Å². The Bertz CT molecular complexity index is 1300. The number of carbonyl (C=O) groups is 3. The van der Waals surface area contributed by atoms with Crippen LogP contribution >= 0.6 is 23.2 Å². The lowest BCUT2D eigenvalue weighted by molar-refractivity contribution is -0.119. The summed E-state index contributed by atoms with van der Waals surface area (Å²) in [5, 5.41) is 3.49. The third-order valence-corrected chi connectivity index (χ3v) is 7.23. The molecule has 1 N–H and O–H groups in total. The number of ketones is 2. The number of benzene rings is 2. The largest absolute Gasteiger partial charge is 0.493 e. The summed E-state index contributed by atoms with van der Waals surface area (Å²) >= 11 is 12.5. The second kappa shape index (κ2) is 10.6. The molecule has 5 rings (SSSR count). The zero-order chi connectivity index (χ0) is 26.1. The Morgan fingerprint density at radius 2 is 1.59 bits per heavy atom. The summed E-state index contributed by atoms with van der Waals surface area (Å²) in [5.74, 6) is 0.764. The number of hydrogen-bond donors (Lipinski definition) is 1. The van der Waals surface area contributed by atoms with E-state index in [9.17, 15) is 14.4 Å². The maximum atomic E-state index is 13.0. The van der Waals surface area contributed by atoms with E-state index in [1.54, 1.807) is 36.4 Å². The lowest BCUT2D eigenvalue weighted by atomic mass is 9.73. The number of rotatable bonds is 6. The van der Waals surface area contributed by atoms with Crippen molar-refractivity contribution in [1.82, 2.24) is 0 Å². The maximum absolute atomic E-state index is 13.0. The molecule has 37 heavy (non-hydrogen) atoms. The van der Waals surface area contributed by atoms with Crippen molar-refractivity contribution in [2.75, 3.05) is 19.0 Å². The van der Waals surface area contributed by atoms with Gasteiger partial charge in [-0.25, -0.2) is 0 Å². The monoisotopic (exact) mass is 541 g/mol. The van der Waals surface area contributed by atoms with Crippen LogP contribution in [-0.2, 0) is 19.1 Å². The number of Topliss-reactive ketones (excluding diaryl/α,β-unsaturated/α-hetero) is 2. The Morgan fingerprint density at radius 3 is 2.19 bits per heavy atom. The van der Waals surface area contributed by atoms with Crippen LogP contribution in [0.3, 0.4) is 0 Å². The van der Waals surface area contributed by atoms with Crippen molar-refractivity contribution in [3.8, 4) is 11.5 Å². The van der Waals surface area contributed by atoms with Crippen LogP contribution in [0.15, 0.2) is 59.1 Å². The number of carbonyl (C=O) groups excluding carboxylic acids is 3. The molecule has 7 nitrogen and oxygen atoms in total. The highest BCUT2D eigenvalue weighted by atomic mass is 35.5. The molecule has 1 aliphatic heterocycles. The van der Waals surface area contributed by atoms with Crippen molar-refractivity contribution >= 4 is 46.4 Å². The van der Waals surface area contributed by atoms with Gasteiger partial charge in [0.15, 0.2) is 29.7 Å². The summed E-state index contributed by atoms with van der Waals surface area (Å²) in [5.41, 5.74) is 2.27. The first-order valence-corrected chi connectivity index (χ1v) is 12.9. The molecule has 2 aromatic rings. The molecule has 9 heteroatoms. The number of anilines is 1. The van der Waals surface area contributed by atoms with Crippen molar-refractivity contribution in [3.63, 3.8) is 0 Å². The van der Waals surface area contributed by atoms with Crippen LogP contribution in [0, 0.1) is 0 Å². The third kappa shape index (κ3) is 5.11. The second-order valence-electron chi connectivity index (χ2n) is 9.14. The van der Waals surface area contributed by atoms with Gasteiger partial charge in [0.25, 0.3) is 5.91 Å². The Morgan fingerprint density at radius 1 is 0.973 bits per heavy atom. The van der Waals surface area contributed by atoms with Crippen molar-refractivity contribution in [3.05, 3.63) is 74.7 Å². The van der Waals surface area contributed by atoms with E-state index in [1.165, 1.54) is 7.11 Å². The Hall–Kier alpha value is -3.29. The molecule has 0 radical (unpaired) electrons. The summed E-state index contributed by atoms with van der Waals surface area (Å²) in [6.45, 7) is -0.309. The van der Waals surface area contributed by atoms with Gasteiger partial charge in [-0.2, -0.15) is 0 Å². The predicted molar refractivity (Wildman–Crippen MR) is 139 cm³/mol. The molecule has 0 aromatic heterocycles. The molecule has 0 saturated heterocycles. The van der Waals surface area contributed by atoms with E-state index in [1.807, 2.05) is 0 Å². The van der Waals surface area contributed by atoms with E-state index < -0.39 is 5.92 Å². The molecule has 3 aliphatic rings. The highest BCUT2D eigenvalue weighted by Gasteiger charge is 2.42. The molecule has 1 heterocycles. The molecule has 0 saturated carbocycles. The van der Waals surface area contributed by atoms with Crippen LogP contribution in [0.25, 0.3) is 0 Å². The normalized spacial score (nSPS) is 17.7. The molecule has 1 amide bonds. The van der Waals surface area contributed by atoms with Crippen molar-refractivity contribution < 1.29 is 28.6 Å². The topological polar surface area (TPSA) is 90.9 Å². The van der Waals surface area contributed by atoms with Crippen LogP contribution in [0.1, 0.15) is 50.0 Å². The van der Waals surface area contributed by atoms with Gasteiger partial charge in [0.1, 0.15) is 11.5 Å². The molecular weight excluding hydrogens is 517 g/mol. The average molecular weight is 542 g/mol. The fourth-order valence-corrected chi connectivity index (χ4v) is 5.47. The minimum absolute atomic E-state index is 0.0227. The smallest absolute Gasteiger partial charge is 0.262 e. The fraction of sp³-hybridized carbons (Fsp3) is 0.321. The van der Waals surface area contributed by atoms with Crippen molar-refractivity contribution in [1.29, 1.82) is 0 Å². The summed E-state index contributed by atoms with van der Waals surface area (Å²) in [4.78, 5) is 38.5. The Labute approximate surface area is 224 Å². The summed E-state index contributed by atoms with van der Waals surface area (Å²) < 4.78 is 17.4. The third-order valence-electron chi connectivity index (χ3n) is 6.70. The number of hydrogen-bond acceptors (Lipinski definition) is 6. The fourth-order valence-electron chi connectivity index (χ4n) is 5.07. The highest BCUT2D eigenvalue weighted by Crippen LogP contribution is 2.50. The lowest BCUT2D eigenvalue weighted by Crippen LogP contribution is -2.30. The Balaban J connectivity index is 1.45. The van der Waals surface area contributed by atoms with Gasteiger partial charge in [-0.3, -0.25) is 14.4 Å². The number of ether oxygens (including phenoxy) is 3. The molecule has 2 aliphatic carbocycles. The summed E-state index contributed by atoms with van der Waals surface area (Å²) in [6, 6.07) is 10.1. The van der Waals surface area contributed by atoms with Gasteiger partial charge in [-0.1, -0.05) is 23.2 Å². The van der Waals surface area contributed by atoms with E-state index in [-0.39, 0.29) is 34.9 Å². The SMILES string of the molecule is COc1cc(C2C3=C(CCCC3=O)OC3=C2C(=O)CCC3)cc(Cl)c1OCC(=O)Nc1ccc(Cl)cc1. The van der Waals surface area contributed by atoms with E-state index in [2.05, 4.69) is 5.32 Å². The van der Waals surface area contributed by atoms with E-state index in [4.69, 9.17) is 37.4 Å². The molecule has 192 valence electrons. The maximum Gasteiger partial charge on any atom is 0.262 e. The van der Waals surface area contributed by atoms with Gasteiger partial charge >= 0.3 is 0 Å². The molecule has 0 spiro atoms. The van der Waals surface area contributed by atoms with Crippen LogP contribution in [0.2, 0.25) is 10.0 Å². The van der Waals surface area contributed by atoms with E-state index in [0.29, 0.717) is 70.4 Å². The lowest BCUT2D eigenvalue weighted by Gasteiger charge is -2.36. The first-order valence-electron chi connectivity index (χ1n) is 12.1. The van der Waals surface area contributed by atoms with Gasteiger partial charge < -0.3 is 19.5 Å². The van der Waals surface area contributed by atoms with Gasteiger partial charge in [0.05, 0.1) is 12.1 Å². The number of nitrogens with one attached hydrogen (secondary N) is 1. The molecule has 0 bridgehead atoms. The highest BCUT2D eigenvalue weighted by molar-refractivity contribution is 6.32. The van der Waals surface area contributed by atoms with Crippen LogP contribution in [0.4, 0.5) is 5.69 Å². The molecule has 2 aromatic carbocycles. The number of methoxy groups -OCH3 is 1. The minimum atomic E-state index is -0.576. The van der Waals surface area contributed by atoms with Gasteiger partial charge in [-0.05, 0) is 54.8 Å². The second-order valence-corrected chi connectivity index (χ2v) is 9.98. The number of allylic oxidation sites excluding steroid dienone is 4. The van der Waals surface area contributed by atoms with Gasteiger partial charge in [-0.15, -0.1) is 0 Å². The van der Waals surface area contributed by atoms with Gasteiger partial charge in [0.2, 0.25) is 0 Å². The first kappa shape index (κ1) is 25.4. The van der Waals surface area contributed by atoms with Crippen LogP contribution in [0.5, 0.6) is 11.5 Å².